The van der Waals surface area contributed by atoms with Crippen LogP contribution in [0.2, 0.25) is 0 Å². The highest BCUT2D eigenvalue weighted by atomic mass is 16.5. The van der Waals surface area contributed by atoms with Gasteiger partial charge < -0.3 is 4.74 Å². The second-order valence-corrected chi connectivity index (χ2v) is 4.08. The molecule has 5 heteroatoms. The highest BCUT2D eigenvalue weighted by Gasteiger charge is 2.07. The third kappa shape index (κ3) is 2.61. The first-order chi connectivity index (χ1) is 8.18. The molecule has 0 fully saturated rings. The van der Waals surface area contributed by atoms with E-state index >= 15 is 0 Å². The Labute approximate surface area is 100 Å². The van der Waals surface area contributed by atoms with Gasteiger partial charge in [0.05, 0.1) is 6.61 Å². The van der Waals surface area contributed by atoms with Crippen LogP contribution in [0.5, 0.6) is 5.75 Å². The summed E-state index contributed by atoms with van der Waals surface area (Å²) in [6.07, 6.45) is 0.656. The summed E-state index contributed by atoms with van der Waals surface area (Å²) in [4.78, 5) is 0. The summed E-state index contributed by atoms with van der Waals surface area (Å²) in [6, 6.07) is 4.18. The maximum atomic E-state index is 5.80. The molecule has 0 unspecified atom stereocenters. The lowest BCUT2D eigenvalue weighted by molar-refractivity contribution is 0.314. The molecule has 0 radical (unpaired) electrons. The van der Waals surface area contributed by atoms with Gasteiger partial charge in [-0.15, -0.1) is 10.2 Å². The van der Waals surface area contributed by atoms with Crippen LogP contribution >= 0.6 is 0 Å². The van der Waals surface area contributed by atoms with Gasteiger partial charge in [0.2, 0.25) is 0 Å². The highest BCUT2D eigenvalue weighted by molar-refractivity contribution is 5.44. The number of nitrogens with one attached hydrogen (secondary N) is 1. The minimum atomic E-state index is 0.560. The zero-order valence-electron chi connectivity index (χ0n) is 10.3. The van der Waals surface area contributed by atoms with E-state index in [9.17, 15) is 0 Å². The summed E-state index contributed by atoms with van der Waals surface area (Å²) in [5, 5.41) is 13.7. The molecule has 2 aromatic rings. The van der Waals surface area contributed by atoms with E-state index in [2.05, 4.69) is 53.5 Å². The molecule has 0 atom stereocenters. The van der Waals surface area contributed by atoms with Crippen molar-refractivity contribution in [2.75, 3.05) is 6.61 Å². The minimum absolute atomic E-state index is 0.560. The SMILES string of the molecule is Cc1ccc(C)c(OCCc2nn[nH]n2)c1C. The van der Waals surface area contributed by atoms with Crippen molar-refractivity contribution >= 4 is 0 Å². The molecule has 1 heterocycles. The standard InChI is InChI=1S/C12H16N4O/c1-8-4-5-9(2)12(10(8)3)17-7-6-11-13-15-16-14-11/h4-5H,6-7H2,1-3H3,(H,13,14,15,16). The quantitative estimate of drug-likeness (QED) is 0.872. The molecule has 0 saturated carbocycles. The minimum Gasteiger partial charge on any atom is -0.493 e. The van der Waals surface area contributed by atoms with Crippen molar-refractivity contribution in [2.45, 2.75) is 27.2 Å². The van der Waals surface area contributed by atoms with Gasteiger partial charge in [0, 0.05) is 6.42 Å². The van der Waals surface area contributed by atoms with E-state index in [-0.39, 0.29) is 0 Å². The zero-order chi connectivity index (χ0) is 12.3. The third-order valence-electron chi connectivity index (χ3n) is 2.83. The molecule has 0 bridgehead atoms. The monoisotopic (exact) mass is 232 g/mol. The van der Waals surface area contributed by atoms with Crippen molar-refractivity contribution in [3.63, 3.8) is 0 Å². The van der Waals surface area contributed by atoms with Crippen molar-refractivity contribution in [1.29, 1.82) is 0 Å². The Kier molecular flexibility index (Phi) is 3.37. The number of aromatic nitrogens is 4. The van der Waals surface area contributed by atoms with Gasteiger partial charge in [0.25, 0.3) is 0 Å². The fraction of sp³-hybridized carbons (Fsp3) is 0.417. The molecule has 0 amide bonds. The largest absolute Gasteiger partial charge is 0.493 e. The first kappa shape index (κ1) is 11.6. The summed E-state index contributed by atoms with van der Waals surface area (Å²) in [6.45, 7) is 6.77. The second-order valence-electron chi connectivity index (χ2n) is 4.08. The molecule has 17 heavy (non-hydrogen) atoms. The van der Waals surface area contributed by atoms with E-state index in [0.29, 0.717) is 18.9 Å². The molecule has 0 aliphatic carbocycles. The number of aromatic amines is 1. The fourth-order valence-corrected chi connectivity index (χ4v) is 1.68. The van der Waals surface area contributed by atoms with Crippen molar-refractivity contribution in [3.05, 3.63) is 34.6 Å². The topological polar surface area (TPSA) is 63.7 Å². The number of nitrogens with zero attached hydrogens (tertiary/aromatic N) is 3. The lowest BCUT2D eigenvalue weighted by Crippen LogP contribution is -2.05. The zero-order valence-corrected chi connectivity index (χ0v) is 10.3. The van der Waals surface area contributed by atoms with Gasteiger partial charge in [-0.2, -0.15) is 5.21 Å². The first-order valence-corrected chi connectivity index (χ1v) is 5.60. The molecule has 1 N–H and O–H groups in total. The van der Waals surface area contributed by atoms with Gasteiger partial charge in [-0.1, -0.05) is 17.3 Å². The predicted octanol–water partition coefficient (Wildman–Crippen LogP) is 1.75. The number of tetrazole rings is 1. The fourth-order valence-electron chi connectivity index (χ4n) is 1.68. The smallest absolute Gasteiger partial charge is 0.177 e. The van der Waals surface area contributed by atoms with Crippen LogP contribution in [0, 0.1) is 20.8 Å². The van der Waals surface area contributed by atoms with Crippen LogP contribution in [0.4, 0.5) is 0 Å². The predicted molar refractivity (Wildman–Crippen MR) is 64.0 cm³/mol. The van der Waals surface area contributed by atoms with Crippen molar-refractivity contribution < 1.29 is 4.74 Å². The average Bonchev–Trinajstić information content (AvgIpc) is 2.81. The number of H-pyrrole nitrogens is 1. The van der Waals surface area contributed by atoms with Crippen molar-refractivity contribution in [2.24, 2.45) is 0 Å². The number of aryl methyl sites for hydroxylation is 2. The summed E-state index contributed by atoms with van der Waals surface area (Å²) in [5.74, 6) is 1.64. The van der Waals surface area contributed by atoms with Gasteiger partial charge in [-0.05, 0) is 37.5 Å². The molecule has 0 aliphatic rings. The van der Waals surface area contributed by atoms with Crippen LogP contribution in [-0.4, -0.2) is 27.2 Å². The molecule has 1 aromatic carbocycles. The first-order valence-electron chi connectivity index (χ1n) is 5.60. The lowest BCUT2D eigenvalue weighted by Gasteiger charge is -2.13. The Morgan fingerprint density at radius 1 is 1.18 bits per heavy atom. The molecule has 5 nitrogen and oxygen atoms in total. The van der Waals surface area contributed by atoms with E-state index < -0.39 is 0 Å². The molecular weight excluding hydrogens is 216 g/mol. The van der Waals surface area contributed by atoms with E-state index in [1.807, 2.05) is 0 Å². The van der Waals surface area contributed by atoms with Gasteiger partial charge >= 0.3 is 0 Å². The van der Waals surface area contributed by atoms with Gasteiger partial charge in [-0.25, -0.2) is 0 Å². The normalized spacial score (nSPS) is 10.5. The van der Waals surface area contributed by atoms with Crippen LogP contribution in [0.25, 0.3) is 0 Å². The molecule has 2 rings (SSSR count). The molecular formula is C12H16N4O. The Morgan fingerprint density at radius 3 is 2.65 bits per heavy atom. The Morgan fingerprint density at radius 2 is 1.94 bits per heavy atom. The molecule has 0 spiro atoms. The highest BCUT2D eigenvalue weighted by Crippen LogP contribution is 2.25. The molecule has 90 valence electrons. The number of ether oxygens (including phenoxy) is 1. The van der Waals surface area contributed by atoms with E-state index in [0.717, 1.165) is 11.3 Å². The number of hydrogen-bond donors (Lipinski definition) is 1. The lowest BCUT2D eigenvalue weighted by atomic mass is 10.1. The number of benzene rings is 1. The van der Waals surface area contributed by atoms with Crippen LogP contribution in [0.15, 0.2) is 12.1 Å². The second kappa shape index (κ2) is 4.95. The van der Waals surface area contributed by atoms with Crippen LogP contribution < -0.4 is 4.74 Å². The summed E-state index contributed by atoms with van der Waals surface area (Å²) >= 11 is 0. The summed E-state index contributed by atoms with van der Waals surface area (Å²) in [7, 11) is 0. The van der Waals surface area contributed by atoms with E-state index in [4.69, 9.17) is 4.74 Å². The average molecular weight is 232 g/mol. The van der Waals surface area contributed by atoms with Crippen molar-refractivity contribution in [1.82, 2.24) is 20.6 Å². The Bertz CT molecular complexity index is 493. The van der Waals surface area contributed by atoms with Gasteiger partial charge in [0.1, 0.15) is 5.75 Å². The van der Waals surface area contributed by atoms with Crippen molar-refractivity contribution in [3.8, 4) is 5.75 Å². The van der Waals surface area contributed by atoms with Gasteiger partial charge in [0.15, 0.2) is 5.82 Å². The van der Waals surface area contributed by atoms with Crippen LogP contribution in [-0.2, 0) is 6.42 Å². The van der Waals surface area contributed by atoms with E-state index in [1.165, 1.54) is 11.1 Å². The van der Waals surface area contributed by atoms with Gasteiger partial charge in [-0.3, -0.25) is 0 Å². The maximum Gasteiger partial charge on any atom is 0.177 e. The van der Waals surface area contributed by atoms with Crippen LogP contribution in [0.1, 0.15) is 22.5 Å². The van der Waals surface area contributed by atoms with Crippen LogP contribution in [0.3, 0.4) is 0 Å². The summed E-state index contributed by atoms with van der Waals surface area (Å²) < 4.78 is 5.80. The maximum absolute atomic E-state index is 5.80. The number of hydrogen-bond acceptors (Lipinski definition) is 4. The third-order valence-corrected chi connectivity index (χ3v) is 2.83. The van der Waals surface area contributed by atoms with E-state index in [1.54, 1.807) is 0 Å². The molecule has 0 aliphatic heterocycles. The number of rotatable bonds is 4. The molecule has 0 saturated heterocycles. The Balaban J connectivity index is 2.01. The Hall–Kier alpha value is -1.91. The summed E-state index contributed by atoms with van der Waals surface area (Å²) in [5.41, 5.74) is 3.59. The molecule has 1 aromatic heterocycles.